The summed E-state index contributed by atoms with van der Waals surface area (Å²) in [6, 6.07) is 9.73. The van der Waals surface area contributed by atoms with E-state index in [1.165, 1.54) is 0 Å². The highest BCUT2D eigenvalue weighted by Crippen LogP contribution is 2.21. The fourth-order valence-electron chi connectivity index (χ4n) is 3.11. The van der Waals surface area contributed by atoms with Crippen LogP contribution in [-0.4, -0.2) is 42.5 Å². The second-order valence-corrected chi connectivity index (χ2v) is 6.38. The van der Waals surface area contributed by atoms with E-state index >= 15 is 0 Å². The average Bonchev–Trinajstić information content (AvgIpc) is 2.62. The molecule has 0 spiro atoms. The molecule has 0 saturated carbocycles. The third-order valence-corrected chi connectivity index (χ3v) is 4.73. The summed E-state index contributed by atoms with van der Waals surface area (Å²) in [4.78, 5) is 26.4. The van der Waals surface area contributed by atoms with Crippen molar-refractivity contribution >= 4 is 11.9 Å². The smallest absolute Gasteiger partial charge is 0.309 e. The quantitative estimate of drug-likeness (QED) is 0.813. The van der Waals surface area contributed by atoms with Crippen molar-refractivity contribution in [1.29, 1.82) is 0 Å². The molecule has 1 N–H and O–H groups in total. The van der Waals surface area contributed by atoms with Crippen molar-refractivity contribution in [3.63, 3.8) is 0 Å². The highest BCUT2D eigenvalue weighted by Gasteiger charge is 2.30. The van der Waals surface area contributed by atoms with Crippen LogP contribution in [0.25, 0.3) is 0 Å². The minimum absolute atomic E-state index is 0.0155. The molecule has 0 aliphatic carbocycles. The van der Waals surface area contributed by atoms with Crippen LogP contribution in [0.2, 0.25) is 0 Å². The van der Waals surface area contributed by atoms with E-state index in [2.05, 4.69) is 10.2 Å². The summed E-state index contributed by atoms with van der Waals surface area (Å²) >= 11 is 0. The predicted octanol–water partition coefficient (Wildman–Crippen LogP) is 2.53. The molecule has 1 heterocycles. The molecule has 1 aromatic rings. The Morgan fingerprint density at radius 1 is 1.21 bits per heavy atom. The third-order valence-electron chi connectivity index (χ3n) is 4.73. The highest BCUT2D eigenvalue weighted by molar-refractivity contribution is 5.81. The summed E-state index contributed by atoms with van der Waals surface area (Å²) < 4.78 is 5.09. The highest BCUT2D eigenvalue weighted by atomic mass is 16.5. The van der Waals surface area contributed by atoms with Gasteiger partial charge in [0.2, 0.25) is 5.91 Å². The number of piperidine rings is 1. The molecule has 0 unspecified atom stereocenters. The van der Waals surface area contributed by atoms with Crippen LogP contribution in [0.5, 0.6) is 0 Å². The average molecular weight is 332 g/mol. The molecule has 5 nitrogen and oxygen atoms in total. The zero-order valence-electron chi connectivity index (χ0n) is 14.8. The normalized spacial score (nSPS) is 18.6. The Morgan fingerprint density at radius 3 is 2.42 bits per heavy atom. The molecule has 1 fully saturated rings. The number of nitrogens with zero attached hydrogens (tertiary/aromatic N) is 1. The van der Waals surface area contributed by atoms with E-state index in [0.717, 1.165) is 31.5 Å². The van der Waals surface area contributed by atoms with Gasteiger partial charge in [0.15, 0.2) is 0 Å². The Morgan fingerprint density at radius 2 is 1.83 bits per heavy atom. The molecule has 1 saturated heterocycles. The van der Waals surface area contributed by atoms with Crippen molar-refractivity contribution in [3.05, 3.63) is 35.9 Å². The zero-order chi connectivity index (χ0) is 17.5. The summed E-state index contributed by atoms with van der Waals surface area (Å²) in [5.74, 6) is -0.104. The number of esters is 1. The molecular weight excluding hydrogens is 304 g/mol. The maximum atomic E-state index is 12.5. The van der Waals surface area contributed by atoms with Crippen LogP contribution < -0.4 is 5.32 Å². The van der Waals surface area contributed by atoms with Gasteiger partial charge in [-0.1, -0.05) is 30.3 Å². The molecule has 1 amide bonds. The lowest BCUT2D eigenvalue weighted by Gasteiger charge is -2.34. The fraction of sp³-hybridized carbons (Fsp3) is 0.579. The SMILES string of the molecule is CCOC(=O)C1CCN([C@@H](C)C(=O)N[C@H](C)c2ccccc2)CC1. The summed E-state index contributed by atoms with van der Waals surface area (Å²) in [6.07, 6.45) is 1.51. The molecule has 132 valence electrons. The van der Waals surface area contributed by atoms with E-state index in [0.29, 0.717) is 6.61 Å². The van der Waals surface area contributed by atoms with Crippen LogP contribution in [-0.2, 0) is 14.3 Å². The summed E-state index contributed by atoms with van der Waals surface area (Å²) in [5.41, 5.74) is 1.10. The van der Waals surface area contributed by atoms with Gasteiger partial charge in [-0.3, -0.25) is 14.5 Å². The van der Waals surface area contributed by atoms with Gasteiger partial charge in [0.1, 0.15) is 0 Å². The molecule has 0 aromatic heterocycles. The van der Waals surface area contributed by atoms with Crippen molar-refractivity contribution in [2.75, 3.05) is 19.7 Å². The van der Waals surface area contributed by atoms with Crippen LogP contribution >= 0.6 is 0 Å². The summed E-state index contributed by atoms with van der Waals surface area (Å²) in [5, 5.41) is 3.08. The molecule has 0 radical (unpaired) electrons. The summed E-state index contributed by atoms with van der Waals surface area (Å²) in [6.45, 7) is 7.67. The number of hydrogen-bond acceptors (Lipinski definition) is 4. The van der Waals surface area contributed by atoms with E-state index in [-0.39, 0.29) is 29.9 Å². The molecule has 0 bridgehead atoms. The van der Waals surface area contributed by atoms with Gasteiger partial charge in [0.05, 0.1) is 24.6 Å². The fourth-order valence-corrected chi connectivity index (χ4v) is 3.11. The van der Waals surface area contributed by atoms with Gasteiger partial charge >= 0.3 is 5.97 Å². The van der Waals surface area contributed by atoms with E-state index in [4.69, 9.17) is 4.74 Å². The monoisotopic (exact) mass is 332 g/mol. The Kier molecular flexibility index (Phi) is 6.79. The summed E-state index contributed by atoms with van der Waals surface area (Å²) in [7, 11) is 0. The first-order valence-electron chi connectivity index (χ1n) is 8.79. The lowest BCUT2D eigenvalue weighted by atomic mass is 9.96. The van der Waals surface area contributed by atoms with Crippen molar-refractivity contribution in [2.45, 2.75) is 45.7 Å². The Bertz CT molecular complexity index is 539. The molecule has 2 rings (SSSR count). The zero-order valence-corrected chi connectivity index (χ0v) is 14.8. The molecule has 24 heavy (non-hydrogen) atoms. The van der Waals surface area contributed by atoms with Gasteiger partial charge in [-0.2, -0.15) is 0 Å². The first-order chi connectivity index (χ1) is 11.5. The van der Waals surface area contributed by atoms with Crippen molar-refractivity contribution in [3.8, 4) is 0 Å². The van der Waals surface area contributed by atoms with Gasteiger partial charge in [-0.15, -0.1) is 0 Å². The Hall–Kier alpha value is -1.88. The molecule has 1 aliphatic rings. The maximum absolute atomic E-state index is 12.5. The van der Waals surface area contributed by atoms with Crippen molar-refractivity contribution in [1.82, 2.24) is 10.2 Å². The largest absolute Gasteiger partial charge is 0.466 e. The first kappa shape index (κ1) is 18.5. The van der Waals surface area contributed by atoms with Gasteiger partial charge in [-0.25, -0.2) is 0 Å². The van der Waals surface area contributed by atoms with E-state index in [1.54, 1.807) is 0 Å². The number of carbonyl (C=O) groups excluding carboxylic acids is 2. The number of nitrogens with one attached hydrogen (secondary N) is 1. The van der Waals surface area contributed by atoms with Crippen LogP contribution in [0.3, 0.4) is 0 Å². The number of carbonyl (C=O) groups is 2. The Balaban J connectivity index is 1.83. The number of benzene rings is 1. The van der Waals surface area contributed by atoms with Crippen LogP contribution in [0.1, 0.15) is 45.2 Å². The van der Waals surface area contributed by atoms with E-state index < -0.39 is 0 Å². The van der Waals surface area contributed by atoms with E-state index in [1.807, 2.05) is 51.1 Å². The van der Waals surface area contributed by atoms with Crippen LogP contribution in [0.4, 0.5) is 0 Å². The topological polar surface area (TPSA) is 58.6 Å². The minimum Gasteiger partial charge on any atom is -0.466 e. The number of ether oxygens (including phenoxy) is 1. The van der Waals surface area contributed by atoms with Crippen molar-refractivity contribution < 1.29 is 14.3 Å². The standard InChI is InChI=1S/C19H28N2O3/c1-4-24-19(23)17-10-12-21(13-11-17)15(3)18(22)20-14(2)16-8-6-5-7-9-16/h5-9,14-15,17H,4,10-13H2,1-3H3,(H,20,22)/t14-,15+/m1/s1. The number of amides is 1. The van der Waals surface area contributed by atoms with Gasteiger partial charge in [0, 0.05) is 0 Å². The second-order valence-electron chi connectivity index (χ2n) is 6.38. The van der Waals surface area contributed by atoms with E-state index in [9.17, 15) is 9.59 Å². The molecule has 5 heteroatoms. The second kappa shape index (κ2) is 8.83. The van der Waals surface area contributed by atoms with Gasteiger partial charge in [-0.05, 0) is 52.3 Å². The van der Waals surface area contributed by atoms with Gasteiger partial charge < -0.3 is 10.1 Å². The van der Waals surface area contributed by atoms with Crippen molar-refractivity contribution in [2.24, 2.45) is 5.92 Å². The van der Waals surface area contributed by atoms with Crippen LogP contribution in [0, 0.1) is 5.92 Å². The lowest BCUT2D eigenvalue weighted by molar-refractivity contribution is -0.149. The van der Waals surface area contributed by atoms with Gasteiger partial charge in [0.25, 0.3) is 0 Å². The first-order valence-corrected chi connectivity index (χ1v) is 8.79. The molecule has 1 aromatic carbocycles. The number of hydrogen-bond donors (Lipinski definition) is 1. The molecule has 2 atom stereocenters. The Labute approximate surface area is 144 Å². The number of likely N-dealkylation sites (tertiary alicyclic amines) is 1. The predicted molar refractivity (Wildman–Crippen MR) is 93.4 cm³/mol. The molecule has 1 aliphatic heterocycles. The molecular formula is C19H28N2O3. The maximum Gasteiger partial charge on any atom is 0.309 e. The van der Waals surface area contributed by atoms with Crippen LogP contribution in [0.15, 0.2) is 30.3 Å². The minimum atomic E-state index is -0.195. The lowest BCUT2D eigenvalue weighted by Crippen LogP contribution is -2.49. The third kappa shape index (κ3) is 4.81. The number of rotatable bonds is 6.